The van der Waals surface area contributed by atoms with Crippen LogP contribution in [0.25, 0.3) is 10.2 Å². The number of aliphatic hydroxyl groups is 1. The zero-order valence-corrected chi connectivity index (χ0v) is 12.6. The van der Waals surface area contributed by atoms with Gasteiger partial charge in [-0.1, -0.05) is 11.8 Å². The number of aromatic nitrogens is 1. The van der Waals surface area contributed by atoms with Crippen LogP contribution >= 0.6 is 23.1 Å². The van der Waals surface area contributed by atoms with Crippen LogP contribution in [-0.4, -0.2) is 42.1 Å². The third-order valence-electron chi connectivity index (χ3n) is 2.53. The first-order valence-electron chi connectivity index (χ1n) is 6.42. The van der Waals surface area contributed by atoms with Gasteiger partial charge in [0.05, 0.1) is 36.5 Å². The molecule has 0 atom stereocenters. The van der Waals surface area contributed by atoms with Crippen molar-refractivity contribution in [1.82, 2.24) is 4.98 Å². The molecule has 4 nitrogen and oxygen atoms in total. The molecule has 2 aromatic rings. The molecular formula is C13H19N2O2S2+. The Kier molecular flexibility index (Phi) is 5.91. The number of quaternary nitrogens is 1. The van der Waals surface area contributed by atoms with Gasteiger partial charge in [-0.15, -0.1) is 11.3 Å². The minimum Gasteiger partial charge on any atom is -0.494 e. The number of hydrogen-bond acceptors (Lipinski definition) is 5. The predicted molar refractivity (Wildman–Crippen MR) is 80.3 cm³/mol. The second-order valence-corrected chi connectivity index (χ2v) is 6.35. The fraction of sp³-hybridized carbons (Fsp3) is 0.462. The first kappa shape index (κ1) is 14.6. The molecule has 6 heteroatoms. The molecule has 3 N–H and O–H groups in total. The number of thioether (sulfide) groups is 1. The summed E-state index contributed by atoms with van der Waals surface area (Å²) < 4.78 is 7.76. The SMILES string of the molecule is CCOc1ccc2nc(SCC[NH2+]CCO)sc2c1. The van der Waals surface area contributed by atoms with Crippen LogP contribution in [0.3, 0.4) is 0 Å². The van der Waals surface area contributed by atoms with E-state index in [1.807, 2.05) is 19.1 Å². The number of thiazole rings is 1. The van der Waals surface area contributed by atoms with Crippen molar-refractivity contribution in [3.63, 3.8) is 0 Å². The topological polar surface area (TPSA) is 59.0 Å². The number of benzene rings is 1. The van der Waals surface area contributed by atoms with Crippen LogP contribution in [0.15, 0.2) is 22.5 Å². The van der Waals surface area contributed by atoms with E-state index >= 15 is 0 Å². The summed E-state index contributed by atoms with van der Waals surface area (Å²) in [6.07, 6.45) is 0. The van der Waals surface area contributed by atoms with Gasteiger partial charge in [-0.3, -0.25) is 0 Å². The average molecular weight is 299 g/mol. The van der Waals surface area contributed by atoms with E-state index in [0.29, 0.717) is 6.61 Å². The lowest BCUT2D eigenvalue weighted by Crippen LogP contribution is -2.85. The van der Waals surface area contributed by atoms with Crippen molar-refractivity contribution in [2.24, 2.45) is 0 Å². The predicted octanol–water partition coefficient (Wildman–Crippen LogP) is 1.34. The molecule has 0 aliphatic carbocycles. The van der Waals surface area contributed by atoms with Gasteiger partial charge in [-0.05, 0) is 25.1 Å². The lowest BCUT2D eigenvalue weighted by atomic mass is 10.3. The van der Waals surface area contributed by atoms with Crippen LogP contribution in [-0.2, 0) is 0 Å². The molecule has 0 unspecified atom stereocenters. The molecule has 0 spiro atoms. The molecule has 1 aromatic heterocycles. The summed E-state index contributed by atoms with van der Waals surface area (Å²) in [6, 6.07) is 6.03. The van der Waals surface area contributed by atoms with Gasteiger partial charge in [-0.2, -0.15) is 0 Å². The van der Waals surface area contributed by atoms with E-state index in [2.05, 4.69) is 16.4 Å². The molecule has 0 aliphatic rings. The minimum atomic E-state index is 0.242. The Bertz CT molecular complexity index is 516. The molecule has 0 saturated heterocycles. The second kappa shape index (κ2) is 7.69. The third-order valence-corrected chi connectivity index (χ3v) is 4.73. The van der Waals surface area contributed by atoms with Crippen molar-refractivity contribution in [1.29, 1.82) is 0 Å². The molecule has 0 saturated carbocycles. The van der Waals surface area contributed by atoms with Crippen molar-refractivity contribution >= 4 is 33.3 Å². The van der Waals surface area contributed by atoms with E-state index in [1.54, 1.807) is 23.1 Å². The third kappa shape index (κ3) is 4.35. The summed E-state index contributed by atoms with van der Waals surface area (Å²) in [5.74, 6) is 1.92. The lowest BCUT2D eigenvalue weighted by molar-refractivity contribution is -0.651. The lowest BCUT2D eigenvalue weighted by Gasteiger charge is -2.00. The van der Waals surface area contributed by atoms with Gasteiger partial charge < -0.3 is 15.2 Å². The summed E-state index contributed by atoms with van der Waals surface area (Å²) in [7, 11) is 0. The number of ether oxygens (including phenoxy) is 1. The van der Waals surface area contributed by atoms with Gasteiger partial charge in [0.15, 0.2) is 4.34 Å². The Hall–Kier alpha value is -0.820. The number of fused-ring (bicyclic) bond motifs is 1. The Balaban J connectivity index is 1.93. The maximum atomic E-state index is 8.69. The van der Waals surface area contributed by atoms with Crippen LogP contribution in [0.5, 0.6) is 5.75 Å². The van der Waals surface area contributed by atoms with E-state index in [1.165, 1.54) is 4.70 Å². The van der Waals surface area contributed by atoms with Crippen molar-refractivity contribution in [2.75, 3.05) is 32.1 Å². The van der Waals surface area contributed by atoms with Gasteiger partial charge in [0, 0.05) is 5.75 Å². The molecule has 0 amide bonds. The quantitative estimate of drug-likeness (QED) is 0.570. The summed E-state index contributed by atoms with van der Waals surface area (Å²) in [5.41, 5.74) is 1.04. The van der Waals surface area contributed by atoms with Crippen molar-refractivity contribution < 1.29 is 15.2 Å². The highest BCUT2D eigenvalue weighted by Gasteiger charge is 2.06. The van der Waals surface area contributed by atoms with E-state index in [0.717, 1.165) is 34.4 Å². The standard InChI is InChI=1S/C13H18N2O2S2/c1-2-17-10-3-4-11-12(9-10)19-13(15-11)18-8-6-14-5-7-16/h3-4,9,14,16H,2,5-8H2,1H3/p+1. The maximum Gasteiger partial charge on any atom is 0.151 e. The zero-order valence-electron chi connectivity index (χ0n) is 11.0. The van der Waals surface area contributed by atoms with Crippen LogP contribution < -0.4 is 10.1 Å². The van der Waals surface area contributed by atoms with Gasteiger partial charge in [-0.25, -0.2) is 4.98 Å². The maximum absolute atomic E-state index is 8.69. The van der Waals surface area contributed by atoms with E-state index < -0.39 is 0 Å². The number of nitrogens with two attached hydrogens (primary N) is 1. The van der Waals surface area contributed by atoms with E-state index in [9.17, 15) is 0 Å². The number of nitrogens with zero attached hydrogens (tertiary/aromatic N) is 1. The monoisotopic (exact) mass is 299 g/mol. The van der Waals surface area contributed by atoms with E-state index in [4.69, 9.17) is 9.84 Å². The Morgan fingerprint density at radius 3 is 3.11 bits per heavy atom. The van der Waals surface area contributed by atoms with Gasteiger partial charge >= 0.3 is 0 Å². The Labute approximate surface area is 121 Å². The zero-order chi connectivity index (χ0) is 13.5. The fourth-order valence-electron chi connectivity index (χ4n) is 1.67. The van der Waals surface area contributed by atoms with Gasteiger partial charge in [0.25, 0.3) is 0 Å². The highest BCUT2D eigenvalue weighted by Crippen LogP contribution is 2.31. The van der Waals surface area contributed by atoms with Crippen LogP contribution in [0, 0.1) is 0 Å². The van der Waals surface area contributed by atoms with Gasteiger partial charge in [0.2, 0.25) is 0 Å². The molecule has 0 fully saturated rings. The van der Waals surface area contributed by atoms with Crippen molar-refractivity contribution in [2.45, 2.75) is 11.3 Å². The molecule has 0 aliphatic heterocycles. The van der Waals surface area contributed by atoms with E-state index in [-0.39, 0.29) is 6.61 Å². The van der Waals surface area contributed by atoms with Crippen LogP contribution in [0.2, 0.25) is 0 Å². The first-order valence-corrected chi connectivity index (χ1v) is 8.22. The molecule has 0 radical (unpaired) electrons. The smallest absolute Gasteiger partial charge is 0.151 e. The molecular weight excluding hydrogens is 280 g/mol. The number of aliphatic hydroxyl groups excluding tert-OH is 1. The Morgan fingerprint density at radius 1 is 1.42 bits per heavy atom. The second-order valence-electron chi connectivity index (χ2n) is 3.98. The summed E-state index contributed by atoms with van der Waals surface area (Å²) in [5, 5.41) is 10.8. The number of hydrogen-bond donors (Lipinski definition) is 2. The average Bonchev–Trinajstić information content (AvgIpc) is 2.81. The Morgan fingerprint density at radius 2 is 2.32 bits per heavy atom. The highest BCUT2D eigenvalue weighted by atomic mass is 32.2. The van der Waals surface area contributed by atoms with Crippen LogP contribution in [0.1, 0.15) is 6.92 Å². The molecule has 0 bridgehead atoms. The normalized spacial score (nSPS) is 11.1. The summed E-state index contributed by atoms with van der Waals surface area (Å²) in [4.78, 5) is 4.59. The summed E-state index contributed by atoms with van der Waals surface area (Å²) in [6.45, 7) is 4.70. The highest BCUT2D eigenvalue weighted by molar-refractivity contribution is 8.01. The molecule has 2 rings (SSSR count). The van der Waals surface area contributed by atoms with Crippen molar-refractivity contribution in [3.8, 4) is 5.75 Å². The minimum absolute atomic E-state index is 0.242. The first-order chi connectivity index (χ1) is 9.33. The largest absolute Gasteiger partial charge is 0.494 e. The fourth-order valence-corrected chi connectivity index (χ4v) is 3.77. The molecule has 104 valence electrons. The molecule has 1 heterocycles. The van der Waals surface area contributed by atoms with Gasteiger partial charge in [0.1, 0.15) is 5.75 Å². The molecule has 1 aromatic carbocycles. The van der Waals surface area contributed by atoms with Crippen LogP contribution in [0.4, 0.5) is 0 Å². The summed E-state index contributed by atoms with van der Waals surface area (Å²) >= 11 is 3.48. The van der Waals surface area contributed by atoms with Crippen molar-refractivity contribution in [3.05, 3.63) is 18.2 Å². The molecule has 19 heavy (non-hydrogen) atoms. The number of rotatable bonds is 8.